The van der Waals surface area contributed by atoms with Gasteiger partial charge in [0.25, 0.3) is 0 Å². The number of rotatable bonds is 10. The molecule has 9 nitrogen and oxygen atoms in total. The van der Waals surface area contributed by atoms with Crippen molar-refractivity contribution >= 4 is 28.7 Å². The van der Waals surface area contributed by atoms with E-state index in [1.165, 1.54) is 6.33 Å². The third kappa shape index (κ3) is 5.27. The normalized spacial score (nSPS) is 14.0. The van der Waals surface area contributed by atoms with Crippen molar-refractivity contribution in [3.05, 3.63) is 65.4 Å². The molecule has 10 heteroatoms. The van der Waals surface area contributed by atoms with Gasteiger partial charge in [-0.25, -0.2) is 9.97 Å². The summed E-state index contributed by atoms with van der Waals surface area (Å²) in [6, 6.07) is 15.4. The Morgan fingerprint density at radius 2 is 2.00 bits per heavy atom. The van der Waals surface area contributed by atoms with E-state index in [9.17, 15) is 4.79 Å². The standard InChI is InChI=1S/C26H26ClN5O4/c1-26(9-10-26)36-25-22-24(29-16-30-25)32(14-17-5-3-2-4-6-17)23(31-22)19-8-7-18(13-20(19)27)35-12-11-28-21(34)15-33/h2-8,13,16,33H,9-12,14-15H2,1H3,(H,28,34). The predicted molar refractivity (Wildman–Crippen MR) is 135 cm³/mol. The summed E-state index contributed by atoms with van der Waals surface area (Å²) in [6.07, 6.45) is 3.46. The number of amides is 1. The van der Waals surface area contributed by atoms with Crippen molar-refractivity contribution in [3.8, 4) is 23.0 Å². The van der Waals surface area contributed by atoms with Gasteiger partial charge in [-0.05, 0) is 43.5 Å². The number of carbonyl (C=O) groups is 1. The van der Waals surface area contributed by atoms with Crippen molar-refractivity contribution in [3.63, 3.8) is 0 Å². The minimum absolute atomic E-state index is 0.210. The van der Waals surface area contributed by atoms with Gasteiger partial charge in [0, 0.05) is 5.56 Å². The van der Waals surface area contributed by atoms with Gasteiger partial charge in [0.05, 0.1) is 18.1 Å². The zero-order valence-corrected chi connectivity index (χ0v) is 20.5. The van der Waals surface area contributed by atoms with E-state index < -0.39 is 12.5 Å². The molecule has 5 rings (SSSR count). The van der Waals surface area contributed by atoms with E-state index in [2.05, 4.69) is 22.2 Å². The third-order valence-corrected chi connectivity index (χ3v) is 6.31. The molecular weight excluding hydrogens is 482 g/mol. The fourth-order valence-electron chi connectivity index (χ4n) is 3.81. The van der Waals surface area contributed by atoms with Gasteiger partial charge in [-0.2, -0.15) is 4.98 Å². The Balaban J connectivity index is 1.48. The summed E-state index contributed by atoms with van der Waals surface area (Å²) >= 11 is 6.70. The molecule has 2 aromatic heterocycles. The van der Waals surface area contributed by atoms with Gasteiger partial charge in [-0.1, -0.05) is 41.9 Å². The van der Waals surface area contributed by atoms with Crippen LogP contribution in [0.5, 0.6) is 11.6 Å². The Bertz CT molecular complexity index is 1390. The molecule has 0 unspecified atom stereocenters. The first kappa shape index (κ1) is 24.0. The molecule has 1 aliphatic rings. The minimum Gasteiger partial charge on any atom is -0.492 e. The number of ether oxygens (including phenoxy) is 2. The number of nitrogens with one attached hydrogen (secondary N) is 1. The van der Waals surface area contributed by atoms with Crippen LogP contribution < -0.4 is 14.8 Å². The number of aliphatic hydroxyl groups is 1. The SMILES string of the molecule is CC1(Oc2ncnc3c2nc(-c2ccc(OCCNC(=O)CO)cc2Cl)n3Cc2ccccc2)CC1. The molecule has 0 radical (unpaired) electrons. The molecule has 0 saturated heterocycles. The van der Waals surface area contributed by atoms with Crippen LogP contribution >= 0.6 is 11.6 Å². The second-order valence-electron chi connectivity index (χ2n) is 8.91. The topological polar surface area (TPSA) is 111 Å². The Kier molecular flexibility index (Phi) is 6.75. The first-order chi connectivity index (χ1) is 17.5. The molecule has 1 saturated carbocycles. The van der Waals surface area contributed by atoms with Crippen molar-refractivity contribution in [2.75, 3.05) is 19.8 Å². The van der Waals surface area contributed by atoms with Crippen LogP contribution in [0.25, 0.3) is 22.6 Å². The highest BCUT2D eigenvalue weighted by molar-refractivity contribution is 6.33. The van der Waals surface area contributed by atoms with E-state index >= 15 is 0 Å². The van der Waals surface area contributed by atoms with E-state index in [1.54, 1.807) is 12.1 Å². The van der Waals surface area contributed by atoms with Crippen LogP contribution in [0.1, 0.15) is 25.3 Å². The van der Waals surface area contributed by atoms with E-state index in [0.717, 1.165) is 24.0 Å². The Hall–Kier alpha value is -3.69. The average molecular weight is 508 g/mol. The summed E-state index contributed by atoms with van der Waals surface area (Å²) in [5.41, 5.74) is 2.86. The molecule has 2 aromatic carbocycles. The van der Waals surface area contributed by atoms with Gasteiger partial charge >= 0.3 is 0 Å². The molecule has 0 bridgehead atoms. The molecule has 1 amide bonds. The molecule has 0 spiro atoms. The first-order valence-electron chi connectivity index (χ1n) is 11.7. The van der Waals surface area contributed by atoms with E-state index in [-0.39, 0.29) is 18.8 Å². The first-order valence-corrected chi connectivity index (χ1v) is 12.1. The minimum atomic E-state index is -0.555. The summed E-state index contributed by atoms with van der Waals surface area (Å²) in [5.74, 6) is 1.21. The molecule has 36 heavy (non-hydrogen) atoms. The van der Waals surface area contributed by atoms with Crippen LogP contribution in [-0.4, -0.2) is 55.9 Å². The number of carbonyl (C=O) groups excluding carboxylic acids is 1. The smallest absolute Gasteiger partial charge is 0.245 e. The van der Waals surface area contributed by atoms with Crippen LogP contribution in [0.15, 0.2) is 54.9 Å². The number of nitrogens with zero attached hydrogens (tertiary/aromatic N) is 4. The highest BCUT2D eigenvalue weighted by Crippen LogP contribution is 2.41. The van der Waals surface area contributed by atoms with Crippen LogP contribution in [0, 0.1) is 0 Å². The lowest BCUT2D eigenvalue weighted by atomic mass is 10.2. The Labute approximate surface area is 213 Å². The lowest BCUT2D eigenvalue weighted by Gasteiger charge is -2.12. The van der Waals surface area contributed by atoms with Crippen molar-refractivity contribution in [2.24, 2.45) is 0 Å². The van der Waals surface area contributed by atoms with Crippen molar-refractivity contribution in [1.29, 1.82) is 0 Å². The van der Waals surface area contributed by atoms with Gasteiger partial charge < -0.3 is 24.5 Å². The fraction of sp³-hybridized carbons (Fsp3) is 0.308. The number of hydrogen-bond donors (Lipinski definition) is 2. The number of aliphatic hydroxyl groups excluding tert-OH is 1. The van der Waals surface area contributed by atoms with Gasteiger partial charge in [-0.15, -0.1) is 0 Å². The van der Waals surface area contributed by atoms with Gasteiger partial charge in [0.15, 0.2) is 11.2 Å². The summed E-state index contributed by atoms with van der Waals surface area (Å²) in [7, 11) is 0. The monoisotopic (exact) mass is 507 g/mol. The number of fused-ring (bicyclic) bond motifs is 1. The molecular formula is C26H26ClN5O4. The predicted octanol–water partition coefficient (Wildman–Crippen LogP) is 3.61. The third-order valence-electron chi connectivity index (χ3n) is 6.00. The van der Waals surface area contributed by atoms with Gasteiger partial charge in [0.1, 0.15) is 36.7 Å². The van der Waals surface area contributed by atoms with Crippen LogP contribution in [-0.2, 0) is 11.3 Å². The van der Waals surface area contributed by atoms with E-state index in [1.807, 2.05) is 41.0 Å². The lowest BCUT2D eigenvalue weighted by Crippen LogP contribution is -2.30. The molecule has 1 aliphatic carbocycles. The van der Waals surface area contributed by atoms with Crippen LogP contribution in [0.2, 0.25) is 5.02 Å². The molecule has 0 aliphatic heterocycles. The molecule has 0 atom stereocenters. The zero-order valence-electron chi connectivity index (χ0n) is 19.8. The number of hydrogen-bond acceptors (Lipinski definition) is 7. The summed E-state index contributed by atoms with van der Waals surface area (Å²) in [5, 5.41) is 11.8. The number of benzene rings is 2. The second kappa shape index (κ2) is 10.1. The number of imidazole rings is 1. The van der Waals surface area contributed by atoms with E-state index in [4.69, 9.17) is 31.2 Å². The maximum Gasteiger partial charge on any atom is 0.245 e. The maximum absolute atomic E-state index is 11.2. The fourth-order valence-corrected chi connectivity index (χ4v) is 4.06. The van der Waals surface area contributed by atoms with Gasteiger partial charge in [0.2, 0.25) is 11.8 Å². The van der Waals surface area contributed by atoms with E-state index in [0.29, 0.717) is 40.2 Å². The van der Waals surface area contributed by atoms with Crippen LogP contribution in [0.3, 0.4) is 0 Å². The molecule has 4 aromatic rings. The van der Waals surface area contributed by atoms with Gasteiger partial charge in [-0.3, -0.25) is 4.79 Å². The van der Waals surface area contributed by atoms with Crippen molar-refractivity contribution in [2.45, 2.75) is 31.9 Å². The summed E-state index contributed by atoms with van der Waals surface area (Å²) in [4.78, 5) is 25.0. The molecule has 2 heterocycles. The molecule has 2 N–H and O–H groups in total. The molecule has 186 valence electrons. The second-order valence-corrected chi connectivity index (χ2v) is 9.32. The Morgan fingerprint density at radius 3 is 2.72 bits per heavy atom. The average Bonchev–Trinajstić information content (AvgIpc) is 3.50. The van der Waals surface area contributed by atoms with Crippen LogP contribution in [0.4, 0.5) is 0 Å². The largest absolute Gasteiger partial charge is 0.492 e. The zero-order chi connectivity index (χ0) is 25.1. The number of halogens is 1. The maximum atomic E-state index is 11.2. The lowest BCUT2D eigenvalue weighted by molar-refractivity contribution is -0.123. The summed E-state index contributed by atoms with van der Waals surface area (Å²) in [6.45, 7) is 2.56. The molecule has 1 fully saturated rings. The summed E-state index contributed by atoms with van der Waals surface area (Å²) < 4.78 is 13.9. The number of aromatic nitrogens is 4. The Morgan fingerprint density at radius 1 is 1.19 bits per heavy atom. The van der Waals surface area contributed by atoms with Crippen molar-refractivity contribution in [1.82, 2.24) is 24.8 Å². The highest BCUT2D eigenvalue weighted by Gasteiger charge is 2.41. The van der Waals surface area contributed by atoms with Crippen molar-refractivity contribution < 1.29 is 19.4 Å². The quantitative estimate of drug-likeness (QED) is 0.315. The highest BCUT2D eigenvalue weighted by atomic mass is 35.5.